The summed E-state index contributed by atoms with van der Waals surface area (Å²) in [6, 6.07) is 7.77. The minimum atomic E-state index is -2.36. The van der Waals surface area contributed by atoms with Crippen molar-refractivity contribution in [2.24, 2.45) is 0 Å². The zero-order valence-electron chi connectivity index (χ0n) is 16.1. The van der Waals surface area contributed by atoms with Gasteiger partial charge in [-0.05, 0) is 42.1 Å². The second-order valence-electron chi connectivity index (χ2n) is 4.89. The third kappa shape index (κ3) is 2.48. The van der Waals surface area contributed by atoms with Crippen LogP contribution in [0.15, 0.2) is 71.3 Å². The lowest BCUT2D eigenvalue weighted by Crippen LogP contribution is -2.20. The van der Waals surface area contributed by atoms with Gasteiger partial charge in [-0.25, -0.2) is 0 Å². The predicted octanol–water partition coefficient (Wildman–Crippen LogP) is 4.55. The third-order valence-corrected chi connectivity index (χ3v) is 4.80. The van der Waals surface area contributed by atoms with E-state index >= 15 is 0 Å². The van der Waals surface area contributed by atoms with Gasteiger partial charge in [0, 0.05) is 26.5 Å². The summed E-state index contributed by atoms with van der Waals surface area (Å²) >= 11 is 1.72. The molecule has 0 aromatic heterocycles. The number of thioether (sulfide) groups is 1. The van der Waals surface area contributed by atoms with E-state index in [1.54, 1.807) is 11.8 Å². The molecular weight excluding hydrogens is 262 g/mol. The molecule has 0 fully saturated rings. The van der Waals surface area contributed by atoms with E-state index in [0.717, 1.165) is 11.1 Å². The van der Waals surface area contributed by atoms with E-state index < -0.39 is 6.85 Å². The van der Waals surface area contributed by atoms with Crippen molar-refractivity contribution in [2.75, 3.05) is 6.54 Å². The molecule has 1 aromatic carbocycles. The number of fused-ring (bicyclic) bond motifs is 1. The van der Waals surface area contributed by atoms with Gasteiger partial charge in [-0.2, -0.15) is 0 Å². The zero-order valence-corrected chi connectivity index (χ0v) is 11.9. The molecule has 1 N–H and O–H groups in total. The van der Waals surface area contributed by atoms with Crippen molar-refractivity contribution in [1.29, 1.82) is 0 Å². The average molecular weight is 286 g/mol. The molecule has 20 heavy (non-hydrogen) atoms. The Labute approximate surface area is 132 Å². The van der Waals surface area contributed by atoms with Crippen LogP contribution in [0, 0.1) is 0 Å². The number of benzene rings is 1. The van der Waals surface area contributed by atoms with Gasteiger partial charge in [0.2, 0.25) is 0 Å². The molecule has 0 amide bonds. The first kappa shape index (κ1) is 8.58. The monoisotopic (exact) mass is 286 g/mol. The van der Waals surface area contributed by atoms with Gasteiger partial charge in [-0.15, -0.1) is 11.8 Å². The van der Waals surface area contributed by atoms with Crippen LogP contribution < -0.4 is 5.32 Å². The lowest BCUT2D eigenvalue weighted by molar-refractivity contribution is 0.840. The molecule has 3 rings (SSSR count). The fourth-order valence-corrected chi connectivity index (χ4v) is 3.68. The highest BCUT2D eigenvalue weighted by molar-refractivity contribution is 8.00. The van der Waals surface area contributed by atoms with E-state index in [4.69, 9.17) is 6.85 Å². The van der Waals surface area contributed by atoms with Gasteiger partial charge in [0.1, 0.15) is 0 Å². The second kappa shape index (κ2) is 5.37. The fourth-order valence-electron chi connectivity index (χ4n) is 2.34. The Kier molecular flexibility index (Phi) is 2.30. The molecular formula is C18H19NS. The molecule has 1 aromatic rings. The number of hydrogen-bond acceptors (Lipinski definition) is 2. The summed E-state index contributed by atoms with van der Waals surface area (Å²) in [4.78, 5) is 1.19. The van der Waals surface area contributed by atoms with Crippen LogP contribution in [-0.2, 0) is 0 Å². The Morgan fingerprint density at radius 2 is 2.35 bits per heavy atom. The maximum absolute atomic E-state index is 8.16. The predicted molar refractivity (Wildman–Crippen MR) is 88.7 cm³/mol. The van der Waals surface area contributed by atoms with Crippen molar-refractivity contribution in [3.05, 3.63) is 71.9 Å². The highest BCUT2D eigenvalue weighted by Gasteiger charge is 2.26. The van der Waals surface area contributed by atoms with Crippen LogP contribution in [0.3, 0.4) is 0 Å². The van der Waals surface area contributed by atoms with Crippen LogP contribution >= 0.6 is 11.8 Å². The molecule has 0 radical (unpaired) electrons. The first-order valence-electron chi connectivity index (χ1n) is 8.98. The van der Waals surface area contributed by atoms with Crippen LogP contribution in [0.2, 0.25) is 0 Å². The molecule has 2 heterocycles. The van der Waals surface area contributed by atoms with Crippen molar-refractivity contribution in [2.45, 2.75) is 23.4 Å². The van der Waals surface area contributed by atoms with Gasteiger partial charge in [0.05, 0.1) is 2.74 Å². The minimum Gasteiger partial charge on any atom is -0.381 e. The third-order valence-electron chi connectivity index (χ3n) is 3.46. The topological polar surface area (TPSA) is 12.0 Å². The normalized spacial score (nSPS) is 26.1. The number of nitrogens with one attached hydrogen (secondary N) is 1. The van der Waals surface area contributed by atoms with Crippen molar-refractivity contribution >= 4 is 17.3 Å². The van der Waals surface area contributed by atoms with Crippen molar-refractivity contribution < 1.29 is 6.85 Å². The highest BCUT2D eigenvalue weighted by atomic mass is 32.2. The van der Waals surface area contributed by atoms with Gasteiger partial charge in [0.15, 0.2) is 0 Å². The van der Waals surface area contributed by atoms with Gasteiger partial charge in [0.25, 0.3) is 0 Å². The Morgan fingerprint density at radius 3 is 3.15 bits per heavy atom. The average Bonchev–Trinajstić information content (AvgIpc) is 2.85. The minimum absolute atomic E-state index is 0.0268. The van der Waals surface area contributed by atoms with Crippen LogP contribution in [0.1, 0.15) is 25.7 Å². The molecule has 0 saturated heterocycles. The first-order chi connectivity index (χ1) is 11.7. The molecule has 0 saturated carbocycles. The number of allylic oxidation sites excluding steroid dienone is 3. The number of rotatable bonds is 3. The SMILES string of the molecule is [2H]C1=C(C(=C)CC2Sc3ccccc3C2=C)NCC(C([2H])([2H])[2H])=C1[2H]. The maximum Gasteiger partial charge on any atom is 0.0645 e. The lowest BCUT2D eigenvalue weighted by atomic mass is 9.98. The Balaban J connectivity index is 1.80. The summed E-state index contributed by atoms with van der Waals surface area (Å²) in [7, 11) is 0. The van der Waals surface area contributed by atoms with E-state index in [1.165, 1.54) is 4.90 Å². The molecule has 102 valence electrons. The smallest absolute Gasteiger partial charge is 0.0645 e. The van der Waals surface area contributed by atoms with Crippen molar-refractivity contribution in [3.8, 4) is 0 Å². The number of hydrogen-bond donors (Lipinski definition) is 1. The Morgan fingerprint density at radius 1 is 1.50 bits per heavy atom. The van der Waals surface area contributed by atoms with Crippen molar-refractivity contribution in [1.82, 2.24) is 5.32 Å². The van der Waals surface area contributed by atoms with Gasteiger partial charge in [-0.1, -0.05) is 43.0 Å². The summed E-state index contributed by atoms with van der Waals surface area (Å²) in [6.07, 6.45) is 0.597. The standard InChI is InChI=1S/C18H19NS/c1-12-8-9-16(19-11-12)13(2)10-18-14(3)15-6-4-5-7-17(15)20-18/h4-9,18-19H,2-3,10-11H2,1H3/i1D3,8D,9D. The first-order valence-corrected chi connectivity index (χ1v) is 7.36. The molecule has 2 aliphatic heterocycles. The molecule has 0 aliphatic carbocycles. The van der Waals surface area contributed by atoms with Gasteiger partial charge in [-0.3, -0.25) is 0 Å². The highest BCUT2D eigenvalue weighted by Crippen LogP contribution is 2.46. The van der Waals surface area contributed by atoms with Crippen LogP contribution in [0.5, 0.6) is 0 Å². The quantitative estimate of drug-likeness (QED) is 0.874. The van der Waals surface area contributed by atoms with Crippen LogP contribution in [-0.4, -0.2) is 11.8 Å². The molecule has 1 nitrogen and oxygen atoms in total. The van der Waals surface area contributed by atoms with E-state index in [2.05, 4.69) is 30.6 Å². The van der Waals surface area contributed by atoms with Crippen LogP contribution in [0.4, 0.5) is 0 Å². The lowest BCUT2D eigenvalue weighted by Gasteiger charge is -2.19. The summed E-state index contributed by atoms with van der Waals surface area (Å²) in [6.45, 7) is 5.94. The van der Waals surface area contributed by atoms with Crippen LogP contribution in [0.25, 0.3) is 5.57 Å². The fraction of sp³-hybridized carbons (Fsp3) is 0.222. The van der Waals surface area contributed by atoms with E-state index in [0.29, 0.717) is 17.7 Å². The molecule has 1 unspecified atom stereocenters. The maximum atomic E-state index is 8.16. The second-order valence-corrected chi connectivity index (χ2v) is 6.14. The van der Waals surface area contributed by atoms with Gasteiger partial charge < -0.3 is 5.32 Å². The molecule has 0 bridgehead atoms. The molecule has 2 heteroatoms. The van der Waals surface area contributed by atoms with E-state index in [9.17, 15) is 0 Å². The molecule has 1 atom stereocenters. The summed E-state index contributed by atoms with van der Waals surface area (Å²) in [5, 5.41) is 3.11. The van der Waals surface area contributed by atoms with Gasteiger partial charge >= 0.3 is 0 Å². The Bertz CT molecular complexity index is 819. The largest absolute Gasteiger partial charge is 0.381 e. The van der Waals surface area contributed by atoms with E-state index in [1.807, 2.05) is 12.1 Å². The summed E-state index contributed by atoms with van der Waals surface area (Å²) in [5.41, 5.74) is 3.32. The van der Waals surface area contributed by atoms with Crippen molar-refractivity contribution in [3.63, 3.8) is 0 Å². The summed E-state index contributed by atoms with van der Waals surface area (Å²) in [5.74, 6) is 0. The van der Waals surface area contributed by atoms with E-state index in [-0.39, 0.29) is 29.5 Å². The zero-order chi connectivity index (χ0) is 18.4. The molecule has 2 aliphatic rings. The Hall–Kier alpha value is -1.67. The summed E-state index contributed by atoms with van der Waals surface area (Å²) < 4.78 is 38.6. The number of dihydropyridines is 1. The molecule has 0 spiro atoms.